The van der Waals surface area contributed by atoms with Gasteiger partial charge in [0.25, 0.3) is 5.90 Å². The number of ether oxygens (including phenoxy) is 1. The lowest BCUT2D eigenvalue weighted by atomic mass is 10.1. The lowest BCUT2D eigenvalue weighted by Gasteiger charge is -2.11. The molecule has 1 aliphatic heterocycles. The molecule has 1 saturated heterocycles. The highest BCUT2D eigenvalue weighted by atomic mass is 19.3. The third-order valence-electron chi connectivity index (χ3n) is 5.32. The molecule has 3 N–H and O–H groups in total. The van der Waals surface area contributed by atoms with Crippen molar-refractivity contribution in [3.63, 3.8) is 0 Å². The molecule has 0 saturated carbocycles. The first-order valence-electron chi connectivity index (χ1n) is 10.7. The fraction of sp³-hybridized carbons (Fsp3) is 0.348. The van der Waals surface area contributed by atoms with Gasteiger partial charge in [-0.1, -0.05) is 32.0 Å². The minimum Gasteiger partial charge on any atom is -0.419 e. The van der Waals surface area contributed by atoms with Crippen LogP contribution >= 0.6 is 0 Å². The van der Waals surface area contributed by atoms with Gasteiger partial charge in [0.1, 0.15) is 5.82 Å². The van der Waals surface area contributed by atoms with Crippen molar-refractivity contribution in [2.45, 2.75) is 39.3 Å². The highest BCUT2D eigenvalue weighted by Gasteiger charge is 2.24. The molecule has 10 heteroatoms. The molecule has 0 radical (unpaired) electrons. The maximum Gasteiger partial charge on any atom is 0.329 e. The minimum atomic E-state index is -3.16. The summed E-state index contributed by atoms with van der Waals surface area (Å²) in [6.07, 6.45) is -2.34. The summed E-state index contributed by atoms with van der Waals surface area (Å²) in [4.78, 5) is 13.2. The number of alkyl halides is 2. The number of halogens is 3. The van der Waals surface area contributed by atoms with Crippen LogP contribution in [0.5, 0.6) is 0 Å². The zero-order chi connectivity index (χ0) is 24.1. The molecule has 1 aromatic heterocycles. The van der Waals surface area contributed by atoms with Crippen LogP contribution in [-0.4, -0.2) is 40.4 Å². The van der Waals surface area contributed by atoms with Gasteiger partial charge < -0.3 is 10.1 Å². The van der Waals surface area contributed by atoms with Gasteiger partial charge in [-0.15, -0.1) is 0 Å². The molecule has 0 amide bonds. The van der Waals surface area contributed by atoms with E-state index in [0.717, 1.165) is 24.5 Å². The quantitative estimate of drug-likeness (QED) is 0.394. The van der Waals surface area contributed by atoms with Gasteiger partial charge in [0.05, 0.1) is 23.6 Å². The smallest absolute Gasteiger partial charge is 0.329 e. The Labute approximate surface area is 188 Å². The van der Waals surface area contributed by atoms with Crippen LogP contribution in [0.2, 0.25) is 0 Å². The van der Waals surface area contributed by atoms with E-state index in [2.05, 4.69) is 10.1 Å². The Morgan fingerprint density at radius 2 is 1.88 bits per heavy atom. The van der Waals surface area contributed by atoms with Gasteiger partial charge in [0.15, 0.2) is 0 Å². The van der Waals surface area contributed by atoms with E-state index in [-0.39, 0.29) is 29.4 Å². The molecule has 0 bridgehead atoms. The third kappa shape index (κ3) is 5.00. The number of rotatable bonds is 5. The van der Waals surface area contributed by atoms with Crippen molar-refractivity contribution in [3.8, 4) is 0 Å². The van der Waals surface area contributed by atoms with Crippen molar-refractivity contribution in [2.75, 3.05) is 13.1 Å². The summed E-state index contributed by atoms with van der Waals surface area (Å²) in [6.45, 7) is 5.48. The second kappa shape index (κ2) is 10.5. The Balaban J connectivity index is 0.00000149. The van der Waals surface area contributed by atoms with Crippen molar-refractivity contribution < 1.29 is 17.9 Å². The summed E-state index contributed by atoms with van der Waals surface area (Å²) < 4.78 is 47.2. The molecule has 1 aliphatic rings. The highest BCUT2D eigenvalue weighted by molar-refractivity contribution is 5.99. The summed E-state index contributed by atoms with van der Waals surface area (Å²) in [5.74, 6) is -2.84. The molecule has 7 nitrogen and oxygen atoms in total. The average Bonchev–Trinajstić information content (AvgIpc) is 3.42. The number of hydrogen-bond donors (Lipinski definition) is 3. The zero-order valence-electron chi connectivity index (χ0n) is 18.4. The molecule has 176 valence electrons. The SMILES string of the molecule is CC.N=C(OC(=N)C(F)F)c1ccc(Cn2c(=O)n(C3CCNC3)c3ccccc32)c(F)c1. The van der Waals surface area contributed by atoms with Crippen LogP contribution in [0.25, 0.3) is 11.0 Å². The Bertz CT molecular complexity index is 1210. The number of para-hydroxylation sites is 2. The molecular formula is C23H26F3N5O2. The van der Waals surface area contributed by atoms with Crippen LogP contribution in [0.1, 0.15) is 37.4 Å². The second-order valence-corrected chi connectivity index (χ2v) is 7.28. The van der Waals surface area contributed by atoms with Crippen LogP contribution in [0.15, 0.2) is 47.3 Å². The van der Waals surface area contributed by atoms with Gasteiger partial charge in [-0.25, -0.2) is 9.18 Å². The number of benzene rings is 2. The van der Waals surface area contributed by atoms with Crippen LogP contribution in [0, 0.1) is 16.6 Å². The molecule has 1 fully saturated rings. The van der Waals surface area contributed by atoms with Gasteiger partial charge in [0, 0.05) is 17.7 Å². The van der Waals surface area contributed by atoms with E-state index in [1.165, 1.54) is 16.7 Å². The van der Waals surface area contributed by atoms with Crippen LogP contribution < -0.4 is 11.0 Å². The number of imidazole rings is 1. The topological polar surface area (TPSA) is 95.9 Å². The van der Waals surface area contributed by atoms with Crippen molar-refractivity contribution >= 4 is 22.8 Å². The normalized spacial score (nSPS) is 15.4. The molecule has 0 aliphatic carbocycles. The first kappa shape index (κ1) is 24.2. The lowest BCUT2D eigenvalue weighted by molar-refractivity contribution is 0.197. The third-order valence-corrected chi connectivity index (χ3v) is 5.32. The van der Waals surface area contributed by atoms with Gasteiger partial charge in [-0.2, -0.15) is 8.78 Å². The fourth-order valence-electron chi connectivity index (χ4n) is 3.80. The summed E-state index contributed by atoms with van der Waals surface area (Å²) in [5.41, 5.74) is 1.34. The van der Waals surface area contributed by atoms with E-state index in [9.17, 15) is 18.0 Å². The molecule has 33 heavy (non-hydrogen) atoms. The van der Waals surface area contributed by atoms with E-state index in [0.29, 0.717) is 12.1 Å². The van der Waals surface area contributed by atoms with Crippen LogP contribution in [-0.2, 0) is 11.3 Å². The monoisotopic (exact) mass is 461 g/mol. The number of hydrogen-bond acceptors (Lipinski definition) is 5. The molecule has 1 atom stereocenters. The van der Waals surface area contributed by atoms with Crippen molar-refractivity contribution in [1.29, 1.82) is 10.8 Å². The molecule has 3 aromatic rings. The molecule has 1 unspecified atom stereocenters. The standard InChI is InChI=1S/C21H20F3N5O2.C2H6/c22-15-9-12(19(25)31-20(26)18(23)24)5-6-13(15)11-28-16-3-1-2-4-17(16)29(21(28)30)14-7-8-27-10-14;1-2/h1-6,9,14,18,25-27H,7-8,10-11H2;1-2H3. The molecule has 0 spiro atoms. The van der Waals surface area contributed by atoms with E-state index in [4.69, 9.17) is 10.8 Å². The Kier molecular flexibility index (Phi) is 7.70. The lowest BCUT2D eigenvalue weighted by Crippen LogP contribution is -2.29. The Hall–Kier alpha value is -3.40. The minimum absolute atomic E-state index is 0.0219. The Morgan fingerprint density at radius 1 is 1.18 bits per heavy atom. The van der Waals surface area contributed by atoms with E-state index < -0.39 is 24.0 Å². The molecule has 2 heterocycles. The van der Waals surface area contributed by atoms with Crippen LogP contribution in [0.3, 0.4) is 0 Å². The van der Waals surface area contributed by atoms with Crippen molar-refractivity contribution in [2.24, 2.45) is 0 Å². The number of nitrogens with zero attached hydrogens (tertiary/aromatic N) is 2. The highest BCUT2D eigenvalue weighted by Crippen LogP contribution is 2.22. The predicted octanol–water partition coefficient (Wildman–Crippen LogP) is 4.14. The van der Waals surface area contributed by atoms with E-state index in [1.807, 2.05) is 32.0 Å². The first-order valence-corrected chi connectivity index (χ1v) is 10.7. The van der Waals surface area contributed by atoms with Crippen molar-refractivity contribution in [1.82, 2.24) is 14.5 Å². The average molecular weight is 461 g/mol. The van der Waals surface area contributed by atoms with Gasteiger partial charge in [0.2, 0.25) is 5.90 Å². The molecular weight excluding hydrogens is 435 g/mol. The van der Waals surface area contributed by atoms with E-state index >= 15 is 0 Å². The fourth-order valence-corrected chi connectivity index (χ4v) is 3.80. The van der Waals surface area contributed by atoms with Crippen molar-refractivity contribution in [3.05, 3.63) is 69.9 Å². The Morgan fingerprint density at radius 3 is 2.48 bits per heavy atom. The van der Waals surface area contributed by atoms with Gasteiger partial charge in [-0.3, -0.25) is 20.0 Å². The summed E-state index contributed by atoms with van der Waals surface area (Å²) in [6, 6.07) is 11.0. The second-order valence-electron chi connectivity index (χ2n) is 7.28. The maximum absolute atomic E-state index is 14.7. The largest absolute Gasteiger partial charge is 0.419 e. The zero-order valence-corrected chi connectivity index (χ0v) is 18.4. The van der Waals surface area contributed by atoms with Gasteiger partial charge in [-0.05, 0) is 37.2 Å². The summed E-state index contributed by atoms with van der Waals surface area (Å²) in [7, 11) is 0. The van der Waals surface area contributed by atoms with Gasteiger partial charge >= 0.3 is 12.1 Å². The number of aromatic nitrogens is 2. The molecule has 4 rings (SSSR count). The maximum atomic E-state index is 14.7. The van der Waals surface area contributed by atoms with E-state index in [1.54, 1.807) is 10.6 Å². The predicted molar refractivity (Wildman–Crippen MR) is 121 cm³/mol. The summed E-state index contributed by atoms with van der Waals surface area (Å²) >= 11 is 0. The molecule has 2 aromatic carbocycles. The summed E-state index contributed by atoms with van der Waals surface area (Å²) in [5, 5.41) is 17.9. The number of fused-ring (bicyclic) bond motifs is 1. The number of nitrogens with one attached hydrogen (secondary N) is 3. The van der Waals surface area contributed by atoms with Crippen LogP contribution in [0.4, 0.5) is 13.2 Å². The first-order chi connectivity index (χ1) is 15.9.